The normalized spacial score (nSPS) is 13.5. The molecule has 1 atom stereocenters. The Morgan fingerprint density at radius 1 is 1.23 bits per heavy atom. The van der Waals surface area contributed by atoms with E-state index < -0.39 is 0 Å². The van der Waals surface area contributed by atoms with Crippen LogP contribution in [0.1, 0.15) is 64.0 Å². The first-order valence-electron chi connectivity index (χ1n) is 10.9. The molecule has 0 saturated carbocycles. The molecule has 0 unspecified atom stereocenters. The molecular weight excluding hydrogens is 392 g/mol. The average molecular weight is 427 g/mol. The van der Waals surface area contributed by atoms with E-state index in [0.29, 0.717) is 25.1 Å². The molecule has 3 aromatic rings. The van der Waals surface area contributed by atoms with Crippen molar-refractivity contribution >= 4 is 10.9 Å². The van der Waals surface area contributed by atoms with Gasteiger partial charge < -0.3 is 10.1 Å². The Morgan fingerprint density at radius 3 is 2.61 bits per heavy atom. The van der Waals surface area contributed by atoms with Crippen LogP contribution in [0.2, 0.25) is 0 Å². The lowest BCUT2D eigenvalue weighted by atomic mass is 9.98. The summed E-state index contributed by atoms with van der Waals surface area (Å²) < 4.78 is 1.86. The Labute approximate surface area is 183 Å². The average Bonchev–Trinajstić information content (AvgIpc) is 3.16. The second kappa shape index (κ2) is 9.28. The van der Waals surface area contributed by atoms with Crippen LogP contribution in [0, 0.1) is 12.8 Å². The van der Waals surface area contributed by atoms with Crippen molar-refractivity contribution < 1.29 is 5.11 Å². The standard InChI is InChI=1S/C23H34N6O2/c1-15(2)20(21-25-26-27-29(21)23(4,5)6)28(10-7-11-30)14-18-13-17-12-16(3)8-9-19(17)24-22(18)31/h8-9,12-13,15,20,30H,7,10-11,14H2,1-6H3,(H,24,31)/t20-/m0/s1. The number of benzene rings is 1. The van der Waals surface area contributed by atoms with Crippen molar-refractivity contribution in [3.63, 3.8) is 0 Å². The molecule has 2 N–H and O–H groups in total. The van der Waals surface area contributed by atoms with Crippen LogP contribution in [-0.2, 0) is 12.1 Å². The predicted octanol–water partition coefficient (Wildman–Crippen LogP) is 3.16. The molecule has 168 valence electrons. The molecule has 0 aliphatic heterocycles. The molecule has 0 spiro atoms. The quantitative estimate of drug-likeness (QED) is 0.574. The Bertz CT molecular complexity index is 1080. The minimum Gasteiger partial charge on any atom is -0.396 e. The van der Waals surface area contributed by atoms with Gasteiger partial charge >= 0.3 is 0 Å². The topological polar surface area (TPSA) is 99.9 Å². The fourth-order valence-electron chi connectivity index (χ4n) is 4.04. The summed E-state index contributed by atoms with van der Waals surface area (Å²) in [5, 5.41) is 23.1. The molecule has 31 heavy (non-hydrogen) atoms. The summed E-state index contributed by atoms with van der Waals surface area (Å²) in [6, 6.07) is 7.87. The lowest BCUT2D eigenvalue weighted by Gasteiger charge is -2.35. The summed E-state index contributed by atoms with van der Waals surface area (Å²) in [4.78, 5) is 18.1. The second-order valence-corrected chi connectivity index (χ2v) is 9.57. The van der Waals surface area contributed by atoms with Crippen molar-refractivity contribution in [3.05, 3.63) is 51.6 Å². The maximum absolute atomic E-state index is 12.9. The molecule has 3 rings (SSSR count). The summed E-state index contributed by atoms with van der Waals surface area (Å²) in [5.74, 6) is 0.973. The number of aryl methyl sites for hydroxylation is 1. The van der Waals surface area contributed by atoms with Gasteiger partial charge in [-0.05, 0) is 74.0 Å². The maximum Gasteiger partial charge on any atom is 0.252 e. The highest BCUT2D eigenvalue weighted by atomic mass is 16.3. The summed E-state index contributed by atoms with van der Waals surface area (Å²) >= 11 is 0. The number of aromatic amines is 1. The van der Waals surface area contributed by atoms with Crippen molar-refractivity contribution in [2.75, 3.05) is 13.2 Å². The molecule has 2 heterocycles. The zero-order valence-corrected chi connectivity index (χ0v) is 19.4. The number of nitrogens with zero attached hydrogens (tertiary/aromatic N) is 5. The number of nitrogens with one attached hydrogen (secondary N) is 1. The zero-order chi connectivity index (χ0) is 22.8. The zero-order valence-electron chi connectivity index (χ0n) is 19.4. The smallest absolute Gasteiger partial charge is 0.252 e. The third-order valence-electron chi connectivity index (χ3n) is 5.47. The van der Waals surface area contributed by atoms with Gasteiger partial charge in [-0.3, -0.25) is 9.69 Å². The van der Waals surface area contributed by atoms with Crippen LogP contribution in [0.5, 0.6) is 0 Å². The summed E-state index contributed by atoms with van der Waals surface area (Å²) in [6.07, 6.45) is 0.602. The molecule has 0 radical (unpaired) electrons. The minimum atomic E-state index is -0.271. The lowest BCUT2D eigenvalue weighted by molar-refractivity contribution is 0.116. The molecule has 1 aromatic carbocycles. The van der Waals surface area contributed by atoms with Gasteiger partial charge in [0.05, 0.1) is 11.6 Å². The van der Waals surface area contributed by atoms with Gasteiger partial charge in [-0.2, -0.15) is 0 Å². The highest BCUT2D eigenvalue weighted by Crippen LogP contribution is 2.31. The molecule has 0 bridgehead atoms. The van der Waals surface area contributed by atoms with Gasteiger partial charge in [0.1, 0.15) is 0 Å². The third kappa shape index (κ3) is 5.19. The Balaban J connectivity index is 2.04. The third-order valence-corrected chi connectivity index (χ3v) is 5.47. The predicted molar refractivity (Wildman–Crippen MR) is 122 cm³/mol. The van der Waals surface area contributed by atoms with E-state index in [1.165, 1.54) is 0 Å². The number of tetrazole rings is 1. The molecule has 2 aromatic heterocycles. The molecule has 0 amide bonds. The van der Waals surface area contributed by atoms with Crippen LogP contribution >= 0.6 is 0 Å². The van der Waals surface area contributed by atoms with Crippen molar-refractivity contribution in [3.8, 4) is 0 Å². The number of hydrogen-bond donors (Lipinski definition) is 2. The number of aromatic nitrogens is 5. The van der Waals surface area contributed by atoms with Gasteiger partial charge in [0.25, 0.3) is 5.56 Å². The maximum atomic E-state index is 12.9. The van der Waals surface area contributed by atoms with Crippen LogP contribution in [0.15, 0.2) is 29.1 Å². The highest BCUT2D eigenvalue weighted by Gasteiger charge is 2.32. The second-order valence-electron chi connectivity index (χ2n) is 9.57. The fourth-order valence-corrected chi connectivity index (χ4v) is 4.04. The first-order chi connectivity index (χ1) is 14.6. The lowest BCUT2D eigenvalue weighted by Crippen LogP contribution is -2.38. The molecule has 0 aliphatic carbocycles. The van der Waals surface area contributed by atoms with Crippen LogP contribution in [-0.4, -0.2) is 48.3 Å². The van der Waals surface area contributed by atoms with Gasteiger partial charge in [0.2, 0.25) is 0 Å². The van der Waals surface area contributed by atoms with Crippen molar-refractivity contribution in [2.24, 2.45) is 5.92 Å². The van der Waals surface area contributed by atoms with Gasteiger partial charge in [0.15, 0.2) is 5.82 Å². The van der Waals surface area contributed by atoms with E-state index in [4.69, 9.17) is 0 Å². The molecule has 0 fully saturated rings. The van der Waals surface area contributed by atoms with E-state index in [9.17, 15) is 9.90 Å². The molecule has 8 nitrogen and oxygen atoms in total. The summed E-state index contributed by atoms with van der Waals surface area (Å²) in [6.45, 7) is 13.7. The van der Waals surface area contributed by atoms with E-state index in [-0.39, 0.29) is 29.7 Å². The summed E-state index contributed by atoms with van der Waals surface area (Å²) in [5.41, 5.74) is 2.30. The van der Waals surface area contributed by atoms with E-state index in [1.807, 2.05) is 29.8 Å². The molecule has 0 aliphatic rings. The monoisotopic (exact) mass is 426 g/mol. The first kappa shape index (κ1) is 23.1. The van der Waals surface area contributed by atoms with Crippen molar-refractivity contribution in [1.29, 1.82) is 0 Å². The molecular formula is C23H34N6O2. The van der Waals surface area contributed by atoms with Gasteiger partial charge in [-0.25, -0.2) is 4.68 Å². The van der Waals surface area contributed by atoms with Crippen molar-refractivity contribution in [1.82, 2.24) is 30.1 Å². The van der Waals surface area contributed by atoms with Crippen LogP contribution < -0.4 is 5.56 Å². The number of rotatable bonds is 8. The number of hydrogen-bond acceptors (Lipinski definition) is 6. The summed E-state index contributed by atoms with van der Waals surface area (Å²) in [7, 11) is 0. The van der Waals surface area contributed by atoms with Crippen LogP contribution in [0.3, 0.4) is 0 Å². The van der Waals surface area contributed by atoms with E-state index in [1.54, 1.807) is 0 Å². The number of fused-ring (bicyclic) bond motifs is 1. The Hall–Kier alpha value is -2.58. The van der Waals surface area contributed by atoms with Gasteiger partial charge in [0, 0.05) is 30.8 Å². The minimum absolute atomic E-state index is 0.0821. The Morgan fingerprint density at radius 2 is 1.97 bits per heavy atom. The molecule has 0 saturated heterocycles. The van der Waals surface area contributed by atoms with Gasteiger partial charge in [-0.1, -0.05) is 25.5 Å². The van der Waals surface area contributed by atoms with E-state index in [2.05, 4.69) is 66.1 Å². The first-order valence-corrected chi connectivity index (χ1v) is 10.9. The Kier molecular flexibility index (Phi) is 6.91. The van der Waals surface area contributed by atoms with E-state index in [0.717, 1.165) is 22.3 Å². The number of H-pyrrole nitrogens is 1. The molecule has 8 heteroatoms. The number of pyridine rings is 1. The van der Waals surface area contributed by atoms with E-state index >= 15 is 0 Å². The van der Waals surface area contributed by atoms with Crippen molar-refractivity contribution in [2.45, 2.75) is 66.1 Å². The number of aliphatic hydroxyl groups excluding tert-OH is 1. The largest absolute Gasteiger partial charge is 0.396 e. The SMILES string of the molecule is Cc1ccc2[nH]c(=O)c(CN(CCCO)[C@H](c3nnnn3C(C)(C)C)C(C)C)cc2c1. The van der Waals surface area contributed by atoms with Crippen LogP contribution in [0.25, 0.3) is 10.9 Å². The van der Waals surface area contributed by atoms with Crippen LogP contribution in [0.4, 0.5) is 0 Å². The number of aliphatic hydroxyl groups is 1. The fraction of sp³-hybridized carbons (Fsp3) is 0.565. The van der Waals surface area contributed by atoms with Gasteiger partial charge in [-0.15, -0.1) is 5.10 Å². The highest BCUT2D eigenvalue weighted by molar-refractivity contribution is 5.79.